The van der Waals surface area contributed by atoms with Crippen LogP contribution >= 0.6 is 0 Å². The molecule has 112 valence electrons. The van der Waals surface area contributed by atoms with Crippen LogP contribution in [0.2, 0.25) is 0 Å². The number of hydrogen-bond donors (Lipinski definition) is 0. The zero-order chi connectivity index (χ0) is 14.7. The van der Waals surface area contributed by atoms with Gasteiger partial charge in [0.25, 0.3) is 11.8 Å². The number of likely N-dealkylation sites (tertiary alicyclic amines) is 1. The Morgan fingerprint density at radius 3 is 2.38 bits per heavy atom. The van der Waals surface area contributed by atoms with Gasteiger partial charge in [-0.2, -0.15) is 0 Å². The van der Waals surface area contributed by atoms with E-state index in [2.05, 4.69) is 4.98 Å². The van der Waals surface area contributed by atoms with Crippen LogP contribution in [0.1, 0.15) is 33.7 Å². The lowest BCUT2D eigenvalue weighted by Crippen LogP contribution is -2.41. The van der Waals surface area contributed by atoms with Crippen molar-refractivity contribution in [2.75, 3.05) is 39.4 Å². The minimum absolute atomic E-state index is 0.00840. The second-order valence-electron chi connectivity index (χ2n) is 5.33. The van der Waals surface area contributed by atoms with Crippen molar-refractivity contribution in [3.8, 4) is 0 Å². The molecule has 0 N–H and O–H groups in total. The van der Waals surface area contributed by atoms with Crippen LogP contribution < -0.4 is 0 Å². The molecule has 2 aliphatic heterocycles. The quantitative estimate of drug-likeness (QED) is 0.807. The van der Waals surface area contributed by atoms with E-state index in [9.17, 15) is 9.59 Å². The van der Waals surface area contributed by atoms with Gasteiger partial charge in [-0.15, -0.1) is 0 Å². The largest absolute Gasteiger partial charge is 0.378 e. The Labute approximate surface area is 123 Å². The van der Waals surface area contributed by atoms with Gasteiger partial charge < -0.3 is 14.5 Å². The Balaban J connectivity index is 1.75. The second-order valence-corrected chi connectivity index (χ2v) is 5.33. The van der Waals surface area contributed by atoms with Crippen molar-refractivity contribution >= 4 is 11.8 Å². The average molecular weight is 289 g/mol. The van der Waals surface area contributed by atoms with Crippen LogP contribution in [0, 0.1) is 0 Å². The van der Waals surface area contributed by atoms with Crippen LogP contribution in [0.4, 0.5) is 0 Å². The van der Waals surface area contributed by atoms with Crippen molar-refractivity contribution in [2.45, 2.75) is 12.8 Å². The number of pyridine rings is 1. The van der Waals surface area contributed by atoms with E-state index < -0.39 is 0 Å². The normalized spacial score (nSPS) is 18.9. The first-order valence-corrected chi connectivity index (χ1v) is 7.38. The molecule has 2 aliphatic rings. The van der Waals surface area contributed by atoms with Crippen molar-refractivity contribution in [3.63, 3.8) is 0 Å². The number of hydrogen-bond acceptors (Lipinski definition) is 4. The topological polar surface area (TPSA) is 62.7 Å². The maximum Gasteiger partial charge on any atom is 0.272 e. The van der Waals surface area contributed by atoms with Gasteiger partial charge in [0, 0.05) is 37.9 Å². The molecule has 0 saturated carbocycles. The molecular weight excluding hydrogens is 270 g/mol. The lowest BCUT2D eigenvalue weighted by molar-refractivity contribution is 0.0299. The van der Waals surface area contributed by atoms with Crippen molar-refractivity contribution in [2.24, 2.45) is 0 Å². The highest BCUT2D eigenvalue weighted by Gasteiger charge is 2.23. The summed E-state index contributed by atoms with van der Waals surface area (Å²) in [7, 11) is 0. The zero-order valence-corrected chi connectivity index (χ0v) is 12.0. The van der Waals surface area contributed by atoms with E-state index in [0.29, 0.717) is 37.6 Å². The number of carbonyl (C=O) groups excluding carboxylic acids is 2. The van der Waals surface area contributed by atoms with Gasteiger partial charge in [0.1, 0.15) is 5.69 Å². The number of aromatic nitrogens is 1. The molecule has 1 aromatic rings. The Kier molecular flexibility index (Phi) is 4.15. The fourth-order valence-electron chi connectivity index (χ4n) is 2.71. The van der Waals surface area contributed by atoms with Crippen molar-refractivity contribution in [1.82, 2.24) is 14.8 Å². The third-order valence-electron chi connectivity index (χ3n) is 3.92. The summed E-state index contributed by atoms with van der Waals surface area (Å²) in [4.78, 5) is 32.4. The summed E-state index contributed by atoms with van der Waals surface area (Å²) in [5, 5.41) is 0. The van der Waals surface area contributed by atoms with Gasteiger partial charge in [0.2, 0.25) is 0 Å². The van der Waals surface area contributed by atoms with Crippen molar-refractivity contribution < 1.29 is 14.3 Å². The fraction of sp³-hybridized carbons (Fsp3) is 0.533. The molecule has 0 spiro atoms. The van der Waals surface area contributed by atoms with Crippen LogP contribution in [-0.4, -0.2) is 66.0 Å². The fourth-order valence-corrected chi connectivity index (χ4v) is 2.71. The minimum Gasteiger partial charge on any atom is -0.378 e. The molecule has 0 aromatic carbocycles. The molecule has 3 rings (SSSR count). The Morgan fingerprint density at radius 2 is 1.67 bits per heavy atom. The van der Waals surface area contributed by atoms with E-state index in [4.69, 9.17) is 4.74 Å². The highest BCUT2D eigenvalue weighted by Crippen LogP contribution is 2.14. The molecule has 0 radical (unpaired) electrons. The van der Waals surface area contributed by atoms with Crippen molar-refractivity contribution in [3.05, 3.63) is 29.6 Å². The standard InChI is InChI=1S/C15H19N3O3/c19-14(17-5-1-2-6-17)12-3-4-16-13(11-12)15(20)18-7-9-21-10-8-18/h3-4,11H,1-2,5-10H2. The van der Waals surface area contributed by atoms with E-state index in [0.717, 1.165) is 25.9 Å². The number of nitrogens with zero attached hydrogens (tertiary/aromatic N) is 3. The highest BCUT2D eigenvalue weighted by atomic mass is 16.5. The van der Waals surface area contributed by atoms with Gasteiger partial charge in [0.15, 0.2) is 0 Å². The van der Waals surface area contributed by atoms with E-state index >= 15 is 0 Å². The van der Waals surface area contributed by atoms with Gasteiger partial charge in [-0.3, -0.25) is 14.6 Å². The summed E-state index contributed by atoms with van der Waals surface area (Å²) in [6.07, 6.45) is 3.64. The molecular formula is C15H19N3O3. The number of carbonyl (C=O) groups is 2. The second kappa shape index (κ2) is 6.22. The highest BCUT2D eigenvalue weighted by molar-refractivity contribution is 5.98. The summed E-state index contributed by atoms with van der Waals surface area (Å²) in [6, 6.07) is 3.29. The monoisotopic (exact) mass is 289 g/mol. The number of rotatable bonds is 2. The van der Waals surface area contributed by atoms with E-state index in [1.165, 1.54) is 6.20 Å². The smallest absolute Gasteiger partial charge is 0.272 e. The average Bonchev–Trinajstić information content (AvgIpc) is 3.09. The first-order valence-electron chi connectivity index (χ1n) is 7.38. The first kappa shape index (κ1) is 14.0. The molecule has 6 nitrogen and oxygen atoms in total. The van der Waals surface area contributed by atoms with Gasteiger partial charge >= 0.3 is 0 Å². The van der Waals surface area contributed by atoms with Crippen LogP contribution in [-0.2, 0) is 4.74 Å². The summed E-state index contributed by atoms with van der Waals surface area (Å²) < 4.78 is 5.24. The summed E-state index contributed by atoms with van der Waals surface area (Å²) in [5.74, 6) is -0.139. The molecule has 0 unspecified atom stereocenters. The molecule has 2 saturated heterocycles. The lowest BCUT2D eigenvalue weighted by atomic mass is 10.2. The Morgan fingerprint density at radius 1 is 1.00 bits per heavy atom. The van der Waals surface area contributed by atoms with E-state index in [-0.39, 0.29) is 11.8 Å². The predicted octanol–water partition coefficient (Wildman–Crippen LogP) is 0.790. The minimum atomic E-state index is -0.130. The first-order chi connectivity index (χ1) is 10.3. The number of morpholine rings is 1. The Hall–Kier alpha value is -1.95. The lowest BCUT2D eigenvalue weighted by Gasteiger charge is -2.26. The molecule has 1 aromatic heterocycles. The Bertz CT molecular complexity index is 535. The van der Waals surface area contributed by atoms with Crippen LogP contribution in [0.5, 0.6) is 0 Å². The number of amides is 2. The molecule has 2 amide bonds. The van der Waals surface area contributed by atoms with Gasteiger partial charge in [0.05, 0.1) is 13.2 Å². The summed E-state index contributed by atoms with van der Waals surface area (Å²) in [5.41, 5.74) is 0.880. The molecule has 2 fully saturated rings. The van der Waals surface area contributed by atoms with Crippen LogP contribution in [0.15, 0.2) is 18.3 Å². The van der Waals surface area contributed by atoms with E-state index in [1.54, 1.807) is 17.0 Å². The van der Waals surface area contributed by atoms with Crippen LogP contribution in [0.25, 0.3) is 0 Å². The predicted molar refractivity (Wildman–Crippen MR) is 76.1 cm³/mol. The van der Waals surface area contributed by atoms with Gasteiger partial charge in [-0.25, -0.2) is 0 Å². The molecule has 0 aliphatic carbocycles. The van der Waals surface area contributed by atoms with Gasteiger partial charge in [-0.05, 0) is 25.0 Å². The maximum absolute atomic E-state index is 12.4. The third-order valence-corrected chi connectivity index (χ3v) is 3.92. The SMILES string of the molecule is O=C(c1ccnc(C(=O)N2CCOCC2)c1)N1CCCC1. The molecule has 6 heteroatoms. The molecule has 3 heterocycles. The third kappa shape index (κ3) is 3.05. The summed E-state index contributed by atoms with van der Waals surface area (Å²) in [6.45, 7) is 3.85. The molecule has 0 bridgehead atoms. The molecule has 0 atom stereocenters. The molecule has 21 heavy (non-hydrogen) atoms. The van der Waals surface area contributed by atoms with E-state index in [1.807, 2.05) is 4.90 Å². The number of ether oxygens (including phenoxy) is 1. The van der Waals surface area contributed by atoms with Gasteiger partial charge in [-0.1, -0.05) is 0 Å². The van der Waals surface area contributed by atoms with Crippen LogP contribution in [0.3, 0.4) is 0 Å². The maximum atomic E-state index is 12.4. The van der Waals surface area contributed by atoms with Crippen molar-refractivity contribution in [1.29, 1.82) is 0 Å². The summed E-state index contributed by atoms with van der Waals surface area (Å²) >= 11 is 0. The zero-order valence-electron chi connectivity index (χ0n) is 12.0.